The molecule has 0 bridgehead atoms. The molecule has 2 heterocycles. The van der Waals surface area contributed by atoms with E-state index in [4.69, 9.17) is 4.74 Å². The molecule has 0 radical (unpaired) electrons. The van der Waals surface area contributed by atoms with Crippen LogP contribution in [-0.2, 0) is 10.2 Å². The van der Waals surface area contributed by atoms with Crippen LogP contribution < -0.4 is 14.2 Å². The van der Waals surface area contributed by atoms with Gasteiger partial charge in [0.2, 0.25) is 23.0 Å². The number of carbonyl (C=O) groups is 1. The number of allylic oxidation sites excluding steroid dienone is 1. The van der Waals surface area contributed by atoms with Gasteiger partial charge in [0.15, 0.2) is 5.75 Å². The van der Waals surface area contributed by atoms with Gasteiger partial charge in [0, 0.05) is 54.1 Å². The van der Waals surface area contributed by atoms with Gasteiger partial charge in [0.1, 0.15) is 5.78 Å². The number of hydrogen-bond acceptors (Lipinski definition) is 7. The molecule has 4 aromatic carbocycles. The molecule has 0 N–H and O–H groups in total. The van der Waals surface area contributed by atoms with Crippen LogP contribution in [0.15, 0.2) is 109 Å². The van der Waals surface area contributed by atoms with Crippen molar-refractivity contribution in [2.24, 2.45) is 0 Å². The highest BCUT2D eigenvalue weighted by molar-refractivity contribution is 6.13. The van der Waals surface area contributed by atoms with Crippen LogP contribution in [0.3, 0.4) is 0 Å². The number of nitrogens with zero attached hydrogens (tertiary/aromatic N) is 4. The SMILES string of the molecule is CC(=O)CC1(C)C(/C=C2\Oc3cc([N+](=O)[O-])ccc3N2c2ccccc2)=[N+](c2ccccc2)c2ccc([N+](=O)[O-])cc21. The second kappa shape index (κ2) is 10.1. The van der Waals surface area contributed by atoms with E-state index in [1.807, 2.05) is 83.1 Å². The Kier molecular flexibility index (Phi) is 6.38. The Morgan fingerprint density at radius 3 is 2.17 bits per heavy atom. The number of rotatable bonds is 7. The fourth-order valence-electron chi connectivity index (χ4n) is 5.77. The lowest BCUT2D eigenvalue weighted by Crippen LogP contribution is -2.34. The van der Waals surface area contributed by atoms with E-state index in [9.17, 15) is 25.0 Å². The fourth-order valence-corrected chi connectivity index (χ4v) is 5.77. The molecule has 0 saturated carbocycles. The molecule has 1 unspecified atom stereocenters. The normalized spacial score (nSPS) is 18.0. The Morgan fingerprint density at radius 2 is 1.52 bits per heavy atom. The number of nitro benzene ring substituents is 2. The third kappa shape index (κ3) is 4.39. The number of anilines is 2. The molecule has 4 aromatic rings. The predicted octanol–water partition coefficient (Wildman–Crippen LogP) is 7.10. The smallest absolute Gasteiger partial charge is 0.273 e. The molecule has 0 spiro atoms. The zero-order valence-electron chi connectivity index (χ0n) is 22.8. The topological polar surface area (TPSA) is 119 Å². The zero-order valence-corrected chi connectivity index (χ0v) is 22.8. The summed E-state index contributed by atoms with van der Waals surface area (Å²) in [6.45, 7) is 3.39. The summed E-state index contributed by atoms with van der Waals surface area (Å²) >= 11 is 0. The van der Waals surface area contributed by atoms with Gasteiger partial charge in [-0.2, -0.15) is 4.58 Å². The predicted molar refractivity (Wildman–Crippen MR) is 159 cm³/mol. The average Bonchev–Trinajstić information content (AvgIpc) is 3.45. The maximum Gasteiger partial charge on any atom is 0.273 e. The van der Waals surface area contributed by atoms with Gasteiger partial charge in [-0.3, -0.25) is 29.9 Å². The van der Waals surface area contributed by atoms with Crippen molar-refractivity contribution in [1.29, 1.82) is 0 Å². The van der Waals surface area contributed by atoms with Crippen molar-refractivity contribution in [3.8, 4) is 5.75 Å². The molecule has 0 aliphatic carbocycles. The molecule has 0 saturated heterocycles. The van der Waals surface area contributed by atoms with Gasteiger partial charge in [-0.15, -0.1) is 0 Å². The first-order chi connectivity index (χ1) is 20.2. The van der Waals surface area contributed by atoms with Crippen molar-refractivity contribution in [2.75, 3.05) is 4.90 Å². The number of fused-ring (bicyclic) bond motifs is 2. The number of non-ortho nitro benzene ring substituents is 2. The molecule has 6 rings (SSSR count). The minimum Gasteiger partial charge on any atom is -0.438 e. The molecule has 2 aliphatic heterocycles. The highest BCUT2D eigenvalue weighted by Gasteiger charge is 2.51. The molecular formula is C32H25N4O6+. The highest BCUT2D eigenvalue weighted by Crippen LogP contribution is 2.49. The van der Waals surface area contributed by atoms with Crippen molar-refractivity contribution >= 4 is 45.6 Å². The molecule has 10 nitrogen and oxygen atoms in total. The Hall–Kier alpha value is -5.64. The monoisotopic (exact) mass is 561 g/mol. The summed E-state index contributed by atoms with van der Waals surface area (Å²) in [5.74, 6) is 0.585. The minimum absolute atomic E-state index is 0.0758. The van der Waals surface area contributed by atoms with E-state index in [2.05, 4.69) is 0 Å². The van der Waals surface area contributed by atoms with Gasteiger partial charge in [-0.1, -0.05) is 36.4 Å². The summed E-state index contributed by atoms with van der Waals surface area (Å²) in [6, 6.07) is 28.1. The van der Waals surface area contributed by atoms with E-state index in [-0.39, 0.29) is 23.6 Å². The van der Waals surface area contributed by atoms with Gasteiger partial charge in [-0.25, -0.2) is 0 Å². The summed E-state index contributed by atoms with van der Waals surface area (Å²) in [7, 11) is 0. The van der Waals surface area contributed by atoms with Gasteiger partial charge in [0.05, 0.1) is 33.1 Å². The van der Waals surface area contributed by atoms with Crippen LogP contribution in [-0.4, -0.2) is 21.3 Å². The van der Waals surface area contributed by atoms with Crippen LogP contribution in [0.4, 0.5) is 34.1 Å². The Labute approximate surface area is 240 Å². The number of ketones is 1. The molecule has 42 heavy (non-hydrogen) atoms. The first-order valence-corrected chi connectivity index (χ1v) is 13.2. The van der Waals surface area contributed by atoms with Gasteiger partial charge in [0.25, 0.3) is 11.4 Å². The Morgan fingerprint density at radius 1 is 0.905 bits per heavy atom. The van der Waals surface area contributed by atoms with Gasteiger partial charge in [-0.05, 0) is 32.0 Å². The second-order valence-corrected chi connectivity index (χ2v) is 10.4. The molecule has 0 aromatic heterocycles. The summed E-state index contributed by atoms with van der Waals surface area (Å²) < 4.78 is 8.29. The van der Waals surface area contributed by atoms with E-state index in [1.165, 1.54) is 31.2 Å². The molecular weight excluding hydrogens is 536 g/mol. The minimum atomic E-state index is -0.970. The van der Waals surface area contributed by atoms with Crippen LogP contribution in [0.1, 0.15) is 25.8 Å². The lowest BCUT2D eigenvalue weighted by atomic mass is 9.75. The number of para-hydroxylation sites is 2. The Bertz CT molecular complexity index is 1830. The van der Waals surface area contributed by atoms with Crippen molar-refractivity contribution in [2.45, 2.75) is 25.7 Å². The summed E-state index contributed by atoms with van der Waals surface area (Å²) in [6.07, 6.45) is 1.90. The maximum absolute atomic E-state index is 12.7. The maximum atomic E-state index is 12.7. The number of carbonyl (C=O) groups excluding carboxylic acids is 1. The van der Waals surface area contributed by atoms with E-state index >= 15 is 0 Å². The highest BCUT2D eigenvalue weighted by atomic mass is 16.6. The third-order valence-electron chi connectivity index (χ3n) is 7.55. The fraction of sp³-hybridized carbons (Fsp3) is 0.125. The standard InChI is InChI=1S/C32H25N4O6/c1-21(37)20-32(2)26-17-24(35(38)39)13-15-27(26)33(22-9-5-3-6-10-22)30(32)19-31-34(23-11-7-4-8-12-23)28-16-14-25(36(40)41)18-29(28)42-31/h3-19H,20H2,1-2H3/q+1. The molecule has 2 aliphatic rings. The molecule has 0 amide bonds. The lowest BCUT2D eigenvalue weighted by Gasteiger charge is -2.22. The van der Waals surface area contributed by atoms with E-state index in [0.717, 1.165) is 11.4 Å². The van der Waals surface area contributed by atoms with Crippen molar-refractivity contribution in [1.82, 2.24) is 4.58 Å². The third-order valence-corrected chi connectivity index (χ3v) is 7.55. The summed E-state index contributed by atoms with van der Waals surface area (Å²) in [5, 5.41) is 23.3. The first kappa shape index (κ1) is 26.6. The number of ether oxygens (including phenoxy) is 1. The van der Waals surface area contributed by atoms with Crippen LogP contribution in [0.2, 0.25) is 0 Å². The number of hydrogen-bond donors (Lipinski definition) is 0. The average molecular weight is 562 g/mol. The number of benzene rings is 4. The number of nitro groups is 2. The number of Topliss-reactive ketones (excluding diaryl/α,β-unsaturated/α-hetero) is 1. The summed E-state index contributed by atoms with van der Waals surface area (Å²) in [5.41, 5.74) is 3.04. The molecule has 208 valence electrons. The van der Waals surface area contributed by atoms with Crippen molar-refractivity contribution < 1.29 is 19.4 Å². The van der Waals surface area contributed by atoms with Crippen LogP contribution in [0.5, 0.6) is 5.75 Å². The van der Waals surface area contributed by atoms with Crippen LogP contribution in [0, 0.1) is 20.2 Å². The molecule has 0 fully saturated rings. The lowest BCUT2D eigenvalue weighted by molar-refractivity contribution is -0.385. The van der Waals surface area contributed by atoms with E-state index < -0.39 is 15.3 Å². The quantitative estimate of drug-likeness (QED) is 0.134. The van der Waals surface area contributed by atoms with Crippen molar-refractivity contribution in [3.63, 3.8) is 0 Å². The molecule has 10 heteroatoms. The van der Waals surface area contributed by atoms with E-state index in [0.29, 0.717) is 34.3 Å². The Balaban J connectivity index is 1.63. The van der Waals surface area contributed by atoms with Crippen LogP contribution in [0.25, 0.3) is 0 Å². The first-order valence-electron chi connectivity index (χ1n) is 13.2. The zero-order chi connectivity index (χ0) is 29.6. The van der Waals surface area contributed by atoms with Crippen molar-refractivity contribution in [3.05, 3.63) is 135 Å². The van der Waals surface area contributed by atoms with Crippen LogP contribution >= 0.6 is 0 Å². The second-order valence-electron chi connectivity index (χ2n) is 10.4. The largest absolute Gasteiger partial charge is 0.438 e. The van der Waals surface area contributed by atoms with Gasteiger partial charge >= 0.3 is 0 Å². The van der Waals surface area contributed by atoms with E-state index in [1.54, 1.807) is 12.1 Å². The van der Waals surface area contributed by atoms with Gasteiger partial charge < -0.3 is 4.74 Å². The summed E-state index contributed by atoms with van der Waals surface area (Å²) in [4.78, 5) is 37.0. The molecule has 1 atom stereocenters.